The fraction of sp³-hybridized carbons (Fsp3) is 1.00. The number of hydrogen-bond donors (Lipinski definition) is 0. The highest BCUT2D eigenvalue weighted by Gasteiger charge is 2.69. The van der Waals surface area contributed by atoms with Crippen LogP contribution in [0.2, 0.25) is 0 Å². The van der Waals surface area contributed by atoms with Gasteiger partial charge in [-0.15, -0.1) is 0 Å². The lowest BCUT2D eigenvalue weighted by molar-refractivity contribution is -0.0453. The van der Waals surface area contributed by atoms with Crippen molar-refractivity contribution < 1.29 is 0 Å². The van der Waals surface area contributed by atoms with Crippen molar-refractivity contribution in [1.29, 1.82) is 0 Å². The van der Waals surface area contributed by atoms with Gasteiger partial charge in [0, 0.05) is 16.6 Å². The third-order valence-electron chi connectivity index (χ3n) is 7.21. The standard InChI is InChI=1S/C17H35N/c1-12-13(2,3)18-16(8,9)14(4,5)15(6,7)17(18,10)11/h12H2,1-11H3. The van der Waals surface area contributed by atoms with Crippen molar-refractivity contribution in [3.05, 3.63) is 0 Å². The summed E-state index contributed by atoms with van der Waals surface area (Å²) in [5.74, 6) is 0. The topological polar surface area (TPSA) is 3.24 Å². The van der Waals surface area contributed by atoms with Gasteiger partial charge >= 0.3 is 0 Å². The zero-order valence-corrected chi connectivity index (χ0v) is 14.7. The largest absolute Gasteiger partial charge is 0.287 e. The van der Waals surface area contributed by atoms with Crippen LogP contribution in [0.1, 0.15) is 82.6 Å². The molecule has 1 heteroatoms. The third-order valence-corrected chi connectivity index (χ3v) is 7.21. The Hall–Kier alpha value is -0.0400. The zero-order valence-electron chi connectivity index (χ0n) is 14.7. The quantitative estimate of drug-likeness (QED) is 0.662. The molecular weight excluding hydrogens is 218 g/mol. The Morgan fingerprint density at radius 2 is 1.00 bits per heavy atom. The van der Waals surface area contributed by atoms with Crippen molar-refractivity contribution in [1.82, 2.24) is 4.90 Å². The molecule has 0 unspecified atom stereocenters. The lowest BCUT2D eigenvalue weighted by Crippen LogP contribution is -2.61. The first-order valence-electron chi connectivity index (χ1n) is 7.48. The summed E-state index contributed by atoms with van der Waals surface area (Å²) >= 11 is 0. The highest BCUT2D eigenvalue weighted by Crippen LogP contribution is 2.65. The molecule has 1 nitrogen and oxygen atoms in total. The molecule has 0 aromatic heterocycles. The van der Waals surface area contributed by atoms with Crippen molar-refractivity contribution in [2.45, 2.75) is 99.2 Å². The van der Waals surface area contributed by atoms with Gasteiger partial charge in [0.2, 0.25) is 0 Å². The maximum atomic E-state index is 2.78. The summed E-state index contributed by atoms with van der Waals surface area (Å²) in [5.41, 5.74) is 1.17. The summed E-state index contributed by atoms with van der Waals surface area (Å²) < 4.78 is 0. The van der Waals surface area contributed by atoms with Crippen LogP contribution in [0, 0.1) is 10.8 Å². The average molecular weight is 253 g/mol. The van der Waals surface area contributed by atoms with E-state index in [0.717, 1.165) is 0 Å². The van der Waals surface area contributed by atoms with E-state index in [4.69, 9.17) is 0 Å². The van der Waals surface area contributed by atoms with Gasteiger partial charge < -0.3 is 0 Å². The Kier molecular flexibility index (Phi) is 3.33. The van der Waals surface area contributed by atoms with Crippen LogP contribution in [0.5, 0.6) is 0 Å². The average Bonchev–Trinajstić information content (AvgIpc) is 2.21. The normalized spacial score (nSPS) is 29.5. The molecule has 1 aliphatic rings. The smallest absolute Gasteiger partial charge is 0.0220 e. The predicted molar refractivity (Wildman–Crippen MR) is 81.9 cm³/mol. The van der Waals surface area contributed by atoms with E-state index < -0.39 is 0 Å². The molecule has 0 aliphatic carbocycles. The van der Waals surface area contributed by atoms with Gasteiger partial charge in [-0.2, -0.15) is 0 Å². The molecule has 108 valence electrons. The van der Waals surface area contributed by atoms with Crippen molar-refractivity contribution in [2.24, 2.45) is 10.8 Å². The van der Waals surface area contributed by atoms with Gasteiger partial charge in [-0.3, -0.25) is 4.90 Å². The second-order valence-electron chi connectivity index (χ2n) is 8.87. The Balaban J connectivity index is 3.54. The second kappa shape index (κ2) is 3.75. The molecule has 0 spiro atoms. The van der Waals surface area contributed by atoms with E-state index in [1.165, 1.54) is 6.42 Å². The Morgan fingerprint density at radius 3 is 1.22 bits per heavy atom. The van der Waals surface area contributed by atoms with Crippen LogP contribution in [0.25, 0.3) is 0 Å². The van der Waals surface area contributed by atoms with E-state index in [2.05, 4.69) is 81.1 Å². The summed E-state index contributed by atoms with van der Waals surface area (Å²) in [6.07, 6.45) is 1.19. The van der Waals surface area contributed by atoms with E-state index in [1.807, 2.05) is 0 Å². The van der Waals surface area contributed by atoms with Crippen LogP contribution in [0.4, 0.5) is 0 Å². The molecule has 0 saturated carbocycles. The number of rotatable bonds is 2. The van der Waals surface area contributed by atoms with Crippen LogP contribution < -0.4 is 0 Å². The van der Waals surface area contributed by atoms with E-state index in [-0.39, 0.29) is 27.4 Å². The van der Waals surface area contributed by atoms with Crippen LogP contribution in [-0.4, -0.2) is 21.5 Å². The van der Waals surface area contributed by atoms with E-state index in [0.29, 0.717) is 0 Å². The van der Waals surface area contributed by atoms with Gasteiger partial charge in [-0.05, 0) is 58.8 Å². The molecule has 1 rings (SSSR count). The lowest BCUT2D eigenvalue weighted by atomic mass is 9.57. The minimum Gasteiger partial charge on any atom is -0.287 e. The van der Waals surface area contributed by atoms with E-state index in [9.17, 15) is 0 Å². The molecule has 0 atom stereocenters. The molecule has 0 amide bonds. The Bertz CT molecular complexity index is 306. The number of hydrogen-bond acceptors (Lipinski definition) is 1. The summed E-state index contributed by atoms with van der Waals surface area (Å²) in [6.45, 7) is 26.6. The molecule has 0 radical (unpaired) electrons. The first kappa shape index (κ1) is 16.0. The molecule has 0 N–H and O–H groups in total. The lowest BCUT2D eigenvalue weighted by Gasteiger charge is -2.53. The van der Waals surface area contributed by atoms with Crippen molar-refractivity contribution in [2.75, 3.05) is 0 Å². The molecule has 1 fully saturated rings. The SMILES string of the molecule is CCC(C)(C)N1C(C)(C)C(C)(C)C(C)(C)C1(C)C. The molecule has 1 saturated heterocycles. The van der Waals surface area contributed by atoms with Crippen LogP contribution in [-0.2, 0) is 0 Å². The zero-order chi connectivity index (χ0) is 14.8. The van der Waals surface area contributed by atoms with E-state index in [1.54, 1.807) is 0 Å². The maximum Gasteiger partial charge on any atom is 0.0220 e. The summed E-state index contributed by atoms with van der Waals surface area (Å²) in [6, 6.07) is 0. The predicted octanol–water partition coefficient (Wildman–Crippen LogP) is 5.10. The van der Waals surface area contributed by atoms with Crippen molar-refractivity contribution >= 4 is 0 Å². The maximum absolute atomic E-state index is 2.78. The fourth-order valence-electron chi connectivity index (χ4n) is 4.46. The second-order valence-corrected chi connectivity index (χ2v) is 8.87. The van der Waals surface area contributed by atoms with Gasteiger partial charge in [0.05, 0.1) is 0 Å². The monoisotopic (exact) mass is 253 g/mol. The summed E-state index contributed by atoms with van der Waals surface area (Å²) in [5, 5.41) is 0. The first-order chi connectivity index (χ1) is 7.68. The highest BCUT2D eigenvalue weighted by atomic mass is 15.4. The molecule has 0 aromatic rings. The van der Waals surface area contributed by atoms with Crippen molar-refractivity contribution in [3.63, 3.8) is 0 Å². The Morgan fingerprint density at radius 1 is 0.722 bits per heavy atom. The van der Waals surface area contributed by atoms with E-state index >= 15 is 0 Å². The van der Waals surface area contributed by atoms with Gasteiger partial charge in [0.15, 0.2) is 0 Å². The first-order valence-corrected chi connectivity index (χ1v) is 7.48. The molecule has 0 bridgehead atoms. The molecule has 1 aliphatic heterocycles. The van der Waals surface area contributed by atoms with Crippen LogP contribution in [0.3, 0.4) is 0 Å². The summed E-state index contributed by atoms with van der Waals surface area (Å²) in [7, 11) is 0. The van der Waals surface area contributed by atoms with Crippen molar-refractivity contribution in [3.8, 4) is 0 Å². The number of likely N-dealkylation sites (tertiary alicyclic amines) is 1. The summed E-state index contributed by atoms with van der Waals surface area (Å²) in [4.78, 5) is 2.78. The molecule has 0 aromatic carbocycles. The third kappa shape index (κ3) is 1.55. The van der Waals surface area contributed by atoms with Gasteiger partial charge in [0.1, 0.15) is 0 Å². The highest BCUT2D eigenvalue weighted by molar-refractivity contribution is 5.22. The molecule has 1 heterocycles. The number of nitrogens with zero attached hydrogens (tertiary/aromatic N) is 1. The minimum absolute atomic E-state index is 0.194. The molecule has 18 heavy (non-hydrogen) atoms. The van der Waals surface area contributed by atoms with Gasteiger partial charge in [-0.25, -0.2) is 0 Å². The van der Waals surface area contributed by atoms with Crippen LogP contribution in [0.15, 0.2) is 0 Å². The van der Waals surface area contributed by atoms with Crippen LogP contribution >= 0.6 is 0 Å². The van der Waals surface area contributed by atoms with Gasteiger partial charge in [0.25, 0.3) is 0 Å². The van der Waals surface area contributed by atoms with Gasteiger partial charge in [-0.1, -0.05) is 34.6 Å². The minimum atomic E-state index is 0.194. The fourth-order valence-corrected chi connectivity index (χ4v) is 4.46. The molecular formula is C17H35N. The Labute approximate surface area is 115 Å².